The Bertz CT molecular complexity index is 810. The number of benzene rings is 1. The van der Waals surface area contributed by atoms with E-state index in [1.54, 1.807) is 6.07 Å². The van der Waals surface area contributed by atoms with Gasteiger partial charge in [-0.2, -0.15) is 0 Å². The zero-order chi connectivity index (χ0) is 16.6. The molecule has 3 rings (SSSR count). The maximum absolute atomic E-state index is 12.9. The lowest BCUT2D eigenvalue weighted by Gasteiger charge is -2.33. The Labute approximate surface area is 134 Å². The van der Waals surface area contributed by atoms with Crippen LogP contribution in [-0.4, -0.2) is 33.5 Å². The summed E-state index contributed by atoms with van der Waals surface area (Å²) in [7, 11) is 0. The van der Waals surface area contributed by atoms with Crippen LogP contribution in [0.3, 0.4) is 0 Å². The van der Waals surface area contributed by atoms with Gasteiger partial charge in [-0.3, -0.25) is 9.69 Å². The van der Waals surface area contributed by atoms with E-state index in [2.05, 4.69) is 16.8 Å². The molecule has 2 heterocycles. The average Bonchev–Trinajstić information content (AvgIpc) is 2.52. The lowest BCUT2D eigenvalue weighted by atomic mass is 10.0. The zero-order valence-corrected chi connectivity index (χ0v) is 13.6. The smallest absolute Gasteiger partial charge is 0.335 e. The molecule has 5 heteroatoms. The molecule has 0 radical (unpaired) electrons. The Morgan fingerprint density at radius 1 is 1.39 bits per heavy atom. The predicted octanol–water partition coefficient (Wildman–Crippen LogP) is 2.91. The summed E-state index contributed by atoms with van der Waals surface area (Å²) in [5.41, 5.74) is 2.38. The van der Waals surface area contributed by atoms with Crippen molar-refractivity contribution in [1.82, 2.24) is 9.88 Å². The molecule has 23 heavy (non-hydrogen) atoms. The number of hydrogen-bond donors (Lipinski definition) is 2. The van der Waals surface area contributed by atoms with Crippen LogP contribution in [0, 0.1) is 6.92 Å². The Morgan fingerprint density at radius 3 is 2.87 bits per heavy atom. The predicted molar refractivity (Wildman–Crippen MR) is 90.0 cm³/mol. The summed E-state index contributed by atoms with van der Waals surface area (Å²) in [5.74, 6) is -1.02. The van der Waals surface area contributed by atoms with E-state index in [-0.39, 0.29) is 11.0 Å². The van der Waals surface area contributed by atoms with Crippen LogP contribution >= 0.6 is 0 Å². The quantitative estimate of drug-likeness (QED) is 0.913. The van der Waals surface area contributed by atoms with Crippen LogP contribution in [0.2, 0.25) is 0 Å². The number of hydrogen-bond acceptors (Lipinski definition) is 3. The number of pyridine rings is 1. The molecular formula is C18H22N2O3. The number of nitrogens with one attached hydrogen (secondary N) is 1. The minimum Gasteiger partial charge on any atom is -0.478 e. The van der Waals surface area contributed by atoms with Gasteiger partial charge in [0, 0.05) is 34.7 Å². The second kappa shape index (κ2) is 6.16. The third kappa shape index (κ3) is 3.01. The first-order valence-electron chi connectivity index (χ1n) is 8.10. The van der Waals surface area contributed by atoms with E-state index in [0.29, 0.717) is 23.5 Å². The molecule has 0 saturated carbocycles. The normalized spacial score (nSPS) is 19.1. The average molecular weight is 314 g/mol. The topological polar surface area (TPSA) is 73.4 Å². The van der Waals surface area contributed by atoms with Crippen molar-refractivity contribution in [3.8, 4) is 0 Å². The number of aromatic amines is 1. The third-order valence-corrected chi connectivity index (χ3v) is 4.86. The minimum absolute atomic E-state index is 0.0582. The van der Waals surface area contributed by atoms with Crippen LogP contribution in [-0.2, 0) is 6.54 Å². The fourth-order valence-electron chi connectivity index (χ4n) is 3.37. The van der Waals surface area contributed by atoms with Gasteiger partial charge >= 0.3 is 5.97 Å². The molecule has 1 atom stereocenters. The molecule has 2 N–H and O–H groups in total. The molecule has 0 spiro atoms. The number of aryl methyl sites for hydroxylation is 1. The third-order valence-electron chi connectivity index (χ3n) is 4.86. The Morgan fingerprint density at radius 2 is 2.17 bits per heavy atom. The molecule has 0 amide bonds. The van der Waals surface area contributed by atoms with E-state index in [4.69, 9.17) is 5.11 Å². The van der Waals surface area contributed by atoms with Gasteiger partial charge in [0.05, 0.1) is 5.56 Å². The highest BCUT2D eigenvalue weighted by molar-refractivity contribution is 5.93. The van der Waals surface area contributed by atoms with Gasteiger partial charge in [-0.1, -0.05) is 6.42 Å². The number of carboxylic acids is 1. The van der Waals surface area contributed by atoms with Gasteiger partial charge in [0.1, 0.15) is 0 Å². The molecule has 1 aromatic heterocycles. The molecule has 0 aliphatic carbocycles. The van der Waals surface area contributed by atoms with Crippen LogP contribution in [0.25, 0.3) is 10.9 Å². The highest BCUT2D eigenvalue weighted by Crippen LogP contribution is 2.20. The van der Waals surface area contributed by atoms with Gasteiger partial charge in [0.25, 0.3) is 0 Å². The standard InChI is InChI=1S/C18H22N2O3/c1-11-5-3-4-8-20(11)10-15-12(2)19-16-7-6-13(18(22)23)9-14(16)17(15)21/h6-7,9,11H,3-5,8,10H2,1-2H3,(H,19,21)(H,22,23). The molecule has 1 aromatic carbocycles. The molecule has 0 bridgehead atoms. The lowest BCUT2D eigenvalue weighted by molar-refractivity contribution is 0.0697. The van der Waals surface area contributed by atoms with Gasteiger partial charge in [0.15, 0.2) is 5.43 Å². The van der Waals surface area contributed by atoms with Crippen LogP contribution in [0.15, 0.2) is 23.0 Å². The Balaban J connectivity index is 2.05. The summed E-state index contributed by atoms with van der Waals surface area (Å²) in [6.07, 6.45) is 3.57. The van der Waals surface area contributed by atoms with Gasteiger partial charge in [-0.15, -0.1) is 0 Å². The monoisotopic (exact) mass is 314 g/mol. The van der Waals surface area contributed by atoms with Crippen molar-refractivity contribution >= 4 is 16.9 Å². The summed E-state index contributed by atoms with van der Waals surface area (Å²) >= 11 is 0. The maximum atomic E-state index is 12.9. The fraction of sp³-hybridized carbons (Fsp3) is 0.444. The van der Waals surface area contributed by atoms with E-state index < -0.39 is 5.97 Å². The first kappa shape index (κ1) is 15.7. The van der Waals surface area contributed by atoms with E-state index in [0.717, 1.165) is 30.6 Å². The fourth-order valence-corrected chi connectivity index (χ4v) is 3.37. The molecular weight excluding hydrogens is 292 g/mol. The highest BCUT2D eigenvalue weighted by atomic mass is 16.4. The second-order valence-corrected chi connectivity index (χ2v) is 6.44. The van der Waals surface area contributed by atoms with Crippen molar-refractivity contribution in [2.45, 2.75) is 45.7 Å². The Hall–Kier alpha value is -2.14. The Kier molecular flexibility index (Phi) is 4.22. The first-order valence-corrected chi connectivity index (χ1v) is 8.10. The van der Waals surface area contributed by atoms with E-state index >= 15 is 0 Å². The summed E-state index contributed by atoms with van der Waals surface area (Å²) in [6, 6.07) is 5.13. The van der Waals surface area contributed by atoms with Crippen molar-refractivity contribution in [3.63, 3.8) is 0 Å². The van der Waals surface area contributed by atoms with Crippen molar-refractivity contribution < 1.29 is 9.90 Å². The van der Waals surface area contributed by atoms with Crippen LogP contribution in [0.5, 0.6) is 0 Å². The number of carbonyl (C=O) groups is 1. The lowest BCUT2D eigenvalue weighted by Crippen LogP contribution is -2.38. The van der Waals surface area contributed by atoms with Crippen molar-refractivity contribution in [2.24, 2.45) is 0 Å². The molecule has 1 fully saturated rings. The maximum Gasteiger partial charge on any atom is 0.335 e. The highest BCUT2D eigenvalue weighted by Gasteiger charge is 2.21. The molecule has 122 valence electrons. The van der Waals surface area contributed by atoms with Crippen molar-refractivity contribution in [1.29, 1.82) is 0 Å². The van der Waals surface area contributed by atoms with Crippen molar-refractivity contribution in [2.75, 3.05) is 6.54 Å². The molecule has 1 aliphatic rings. The van der Waals surface area contributed by atoms with E-state index in [9.17, 15) is 9.59 Å². The van der Waals surface area contributed by atoms with Crippen LogP contribution in [0.4, 0.5) is 0 Å². The molecule has 1 aliphatic heterocycles. The van der Waals surface area contributed by atoms with Gasteiger partial charge < -0.3 is 10.1 Å². The molecule has 1 unspecified atom stereocenters. The number of carboxylic acid groups (broad SMARTS) is 1. The summed E-state index contributed by atoms with van der Waals surface area (Å²) in [4.78, 5) is 29.6. The first-order chi connectivity index (χ1) is 11.0. The number of aromatic nitrogens is 1. The van der Waals surface area contributed by atoms with Crippen molar-refractivity contribution in [3.05, 3.63) is 45.2 Å². The summed E-state index contributed by atoms with van der Waals surface area (Å²) < 4.78 is 0. The number of aromatic carboxylic acids is 1. The van der Waals surface area contributed by atoms with Crippen LogP contribution < -0.4 is 5.43 Å². The largest absolute Gasteiger partial charge is 0.478 e. The zero-order valence-electron chi connectivity index (χ0n) is 13.6. The van der Waals surface area contributed by atoms with E-state index in [1.165, 1.54) is 18.6 Å². The van der Waals surface area contributed by atoms with Gasteiger partial charge in [-0.05, 0) is 51.4 Å². The number of nitrogens with zero attached hydrogens (tertiary/aromatic N) is 1. The van der Waals surface area contributed by atoms with Gasteiger partial charge in [-0.25, -0.2) is 4.79 Å². The van der Waals surface area contributed by atoms with Crippen LogP contribution in [0.1, 0.15) is 47.8 Å². The molecule has 5 nitrogen and oxygen atoms in total. The second-order valence-electron chi connectivity index (χ2n) is 6.44. The number of piperidine rings is 1. The number of likely N-dealkylation sites (tertiary alicyclic amines) is 1. The summed E-state index contributed by atoms with van der Waals surface area (Å²) in [5, 5.41) is 9.59. The number of rotatable bonds is 3. The number of H-pyrrole nitrogens is 1. The SMILES string of the molecule is Cc1[nH]c2ccc(C(=O)O)cc2c(=O)c1CN1CCCCC1C. The number of fused-ring (bicyclic) bond motifs is 1. The molecule has 2 aromatic rings. The summed E-state index contributed by atoms with van der Waals surface area (Å²) in [6.45, 7) is 5.74. The molecule has 1 saturated heterocycles. The minimum atomic E-state index is -1.02. The van der Waals surface area contributed by atoms with Gasteiger partial charge in [0.2, 0.25) is 0 Å². The van der Waals surface area contributed by atoms with E-state index in [1.807, 2.05) is 6.92 Å².